The molecule has 0 saturated carbocycles. The summed E-state index contributed by atoms with van der Waals surface area (Å²) in [5.41, 5.74) is 0.364. The Bertz CT molecular complexity index is 398. The maximum absolute atomic E-state index is 11.9. The molecular formula is C13H17F2NO4. The summed E-state index contributed by atoms with van der Waals surface area (Å²) in [7, 11) is 0. The van der Waals surface area contributed by atoms with Crippen molar-refractivity contribution in [2.75, 3.05) is 26.4 Å². The van der Waals surface area contributed by atoms with Crippen molar-refractivity contribution >= 4 is 5.91 Å². The fraction of sp³-hybridized carbons (Fsp3) is 0.462. The molecule has 0 atom stereocenters. The van der Waals surface area contributed by atoms with Crippen LogP contribution in [0.5, 0.6) is 5.75 Å². The Balaban J connectivity index is 2.29. The molecule has 1 rings (SSSR count). The summed E-state index contributed by atoms with van der Waals surface area (Å²) in [5, 5.41) is 11.2. The summed E-state index contributed by atoms with van der Waals surface area (Å²) in [6.07, 6.45) is 0.623. The summed E-state index contributed by atoms with van der Waals surface area (Å²) in [6.45, 7) is -1.76. The van der Waals surface area contributed by atoms with E-state index in [1.165, 1.54) is 24.3 Å². The zero-order valence-corrected chi connectivity index (χ0v) is 10.9. The van der Waals surface area contributed by atoms with Crippen LogP contribution in [0.15, 0.2) is 24.3 Å². The van der Waals surface area contributed by atoms with Gasteiger partial charge in [0, 0.05) is 18.7 Å². The Morgan fingerprint density at radius 1 is 1.25 bits per heavy atom. The number of ether oxygens (including phenoxy) is 2. The second-order valence-electron chi connectivity index (χ2n) is 3.85. The van der Waals surface area contributed by atoms with Crippen LogP contribution in [0.3, 0.4) is 0 Å². The first kappa shape index (κ1) is 16.3. The number of carbonyl (C=O) groups excluding carboxylic acids is 1. The first-order valence-corrected chi connectivity index (χ1v) is 6.15. The number of rotatable bonds is 9. The van der Waals surface area contributed by atoms with Gasteiger partial charge in [0.1, 0.15) is 5.75 Å². The standard InChI is InChI=1S/C13H17F2NO4/c14-13(15)20-11-4-2-10(3-5-11)12(18)16-6-1-8-19-9-7-17/h2-5,13,17H,1,6-9H2,(H,16,18). The van der Waals surface area contributed by atoms with Crippen LogP contribution >= 0.6 is 0 Å². The van der Waals surface area contributed by atoms with Crippen molar-refractivity contribution in [1.29, 1.82) is 0 Å². The van der Waals surface area contributed by atoms with E-state index in [0.717, 1.165) is 0 Å². The zero-order valence-electron chi connectivity index (χ0n) is 10.9. The van der Waals surface area contributed by atoms with Gasteiger partial charge in [-0.15, -0.1) is 0 Å². The van der Waals surface area contributed by atoms with Gasteiger partial charge < -0.3 is 19.9 Å². The van der Waals surface area contributed by atoms with E-state index in [1.54, 1.807) is 0 Å². The van der Waals surface area contributed by atoms with E-state index >= 15 is 0 Å². The van der Waals surface area contributed by atoms with Crippen LogP contribution < -0.4 is 10.1 Å². The van der Waals surface area contributed by atoms with Gasteiger partial charge >= 0.3 is 6.61 Å². The first-order valence-electron chi connectivity index (χ1n) is 6.15. The van der Waals surface area contributed by atoms with Crippen LogP contribution in [0.2, 0.25) is 0 Å². The van der Waals surface area contributed by atoms with Crippen molar-refractivity contribution in [3.05, 3.63) is 29.8 Å². The third-order valence-corrected chi connectivity index (χ3v) is 2.33. The van der Waals surface area contributed by atoms with Crippen molar-refractivity contribution < 1.29 is 28.2 Å². The Morgan fingerprint density at radius 3 is 2.55 bits per heavy atom. The van der Waals surface area contributed by atoms with E-state index in [4.69, 9.17) is 9.84 Å². The van der Waals surface area contributed by atoms with E-state index in [0.29, 0.717) is 25.1 Å². The summed E-state index contributed by atoms with van der Waals surface area (Å²) in [5.74, 6) is -0.287. The molecule has 1 aromatic rings. The summed E-state index contributed by atoms with van der Waals surface area (Å²) >= 11 is 0. The summed E-state index contributed by atoms with van der Waals surface area (Å²) < 4.78 is 33.1. The molecule has 0 aliphatic rings. The van der Waals surface area contributed by atoms with Crippen LogP contribution in [0.4, 0.5) is 8.78 Å². The van der Waals surface area contributed by atoms with Crippen LogP contribution in [0.25, 0.3) is 0 Å². The van der Waals surface area contributed by atoms with E-state index in [-0.39, 0.29) is 24.9 Å². The molecule has 0 heterocycles. The molecule has 1 amide bonds. The monoisotopic (exact) mass is 289 g/mol. The smallest absolute Gasteiger partial charge is 0.387 e. The lowest BCUT2D eigenvalue weighted by Crippen LogP contribution is -2.25. The van der Waals surface area contributed by atoms with Crippen molar-refractivity contribution in [2.45, 2.75) is 13.0 Å². The number of hydrogen-bond donors (Lipinski definition) is 2. The lowest BCUT2D eigenvalue weighted by Gasteiger charge is -2.07. The van der Waals surface area contributed by atoms with Crippen LogP contribution in [0.1, 0.15) is 16.8 Å². The minimum atomic E-state index is -2.88. The molecule has 0 saturated heterocycles. The molecule has 7 heteroatoms. The molecule has 0 radical (unpaired) electrons. The van der Waals surface area contributed by atoms with Crippen LogP contribution in [-0.4, -0.2) is 44.0 Å². The molecule has 0 aromatic heterocycles. The van der Waals surface area contributed by atoms with E-state index in [1.807, 2.05) is 0 Å². The van der Waals surface area contributed by atoms with Gasteiger partial charge in [-0.25, -0.2) is 0 Å². The van der Waals surface area contributed by atoms with E-state index < -0.39 is 6.61 Å². The van der Waals surface area contributed by atoms with Gasteiger partial charge in [-0.05, 0) is 30.7 Å². The van der Waals surface area contributed by atoms with Gasteiger partial charge in [0.25, 0.3) is 5.91 Å². The topological polar surface area (TPSA) is 67.8 Å². The van der Waals surface area contributed by atoms with Crippen LogP contribution in [-0.2, 0) is 4.74 Å². The highest BCUT2D eigenvalue weighted by atomic mass is 19.3. The molecule has 0 fully saturated rings. The van der Waals surface area contributed by atoms with Gasteiger partial charge in [-0.2, -0.15) is 8.78 Å². The van der Waals surface area contributed by atoms with Crippen molar-refractivity contribution in [2.24, 2.45) is 0 Å². The Hall–Kier alpha value is -1.73. The molecule has 0 aliphatic heterocycles. The summed E-state index contributed by atoms with van der Waals surface area (Å²) in [4.78, 5) is 11.7. The predicted molar refractivity (Wildman–Crippen MR) is 67.9 cm³/mol. The van der Waals surface area contributed by atoms with E-state index in [9.17, 15) is 13.6 Å². The molecule has 0 spiro atoms. The molecule has 112 valence electrons. The first-order chi connectivity index (χ1) is 9.63. The largest absolute Gasteiger partial charge is 0.435 e. The Morgan fingerprint density at radius 2 is 1.95 bits per heavy atom. The number of aliphatic hydroxyl groups is 1. The zero-order chi connectivity index (χ0) is 14.8. The summed E-state index contributed by atoms with van der Waals surface area (Å²) in [6, 6.07) is 5.45. The number of halogens is 2. The Kier molecular flexibility index (Phi) is 7.52. The van der Waals surface area contributed by atoms with Gasteiger partial charge in [0.05, 0.1) is 13.2 Å². The van der Waals surface area contributed by atoms with Gasteiger partial charge in [-0.1, -0.05) is 0 Å². The average Bonchev–Trinajstić information content (AvgIpc) is 2.42. The lowest BCUT2D eigenvalue weighted by molar-refractivity contribution is -0.0498. The number of carbonyl (C=O) groups is 1. The number of aliphatic hydroxyl groups excluding tert-OH is 1. The SMILES string of the molecule is O=C(NCCCOCCO)c1ccc(OC(F)F)cc1. The maximum atomic E-state index is 11.9. The minimum absolute atomic E-state index is 0.00829. The maximum Gasteiger partial charge on any atom is 0.387 e. The third-order valence-electron chi connectivity index (χ3n) is 2.33. The molecule has 20 heavy (non-hydrogen) atoms. The molecule has 2 N–H and O–H groups in total. The lowest BCUT2D eigenvalue weighted by atomic mass is 10.2. The van der Waals surface area contributed by atoms with Crippen LogP contribution in [0, 0.1) is 0 Å². The van der Waals surface area contributed by atoms with Gasteiger partial charge in [-0.3, -0.25) is 4.79 Å². The normalized spacial score (nSPS) is 10.6. The quantitative estimate of drug-likeness (QED) is 0.675. The Labute approximate surface area is 115 Å². The van der Waals surface area contributed by atoms with Gasteiger partial charge in [0.15, 0.2) is 0 Å². The van der Waals surface area contributed by atoms with Crippen molar-refractivity contribution in [1.82, 2.24) is 5.32 Å². The number of hydrogen-bond acceptors (Lipinski definition) is 4. The highest BCUT2D eigenvalue weighted by Gasteiger charge is 2.07. The fourth-order valence-electron chi connectivity index (χ4n) is 1.43. The second kappa shape index (κ2) is 9.22. The number of nitrogens with one attached hydrogen (secondary N) is 1. The highest BCUT2D eigenvalue weighted by molar-refractivity contribution is 5.94. The molecule has 0 aliphatic carbocycles. The predicted octanol–water partition coefficient (Wildman–Crippen LogP) is 1.42. The highest BCUT2D eigenvalue weighted by Crippen LogP contribution is 2.14. The third kappa shape index (κ3) is 6.44. The van der Waals surface area contributed by atoms with Gasteiger partial charge in [0.2, 0.25) is 0 Å². The average molecular weight is 289 g/mol. The van der Waals surface area contributed by atoms with E-state index in [2.05, 4.69) is 10.1 Å². The minimum Gasteiger partial charge on any atom is -0.435 e. The van der Waals surface area contributed by atoms with Crippen molar-refractivity contribution in [3.63, 3.8) is 0 Å². The molecule has 5 nitrogen and oxygen atoms in total. The molecule has 0 unspecified atom stereocenters. The molecule has 0 bridgehead atoms. The number of alkyl halides is 2. The molecule has 1 aromatic carbocycles. The van der Waals surface area contributed by atoms with Crippen molar-refractivity contribution in [3.8, 4) is 5.75 Å². The number of amides is 1. The second-order valence-corrected chi connectivity index (χ2v) is 3.85. The molecular weight excluding hydrogens is 272 g/mol. The fourth-order valence-corrected chi connectivity index (χ4v) is 1.43. The number of benzene rings is 1.